The number of aromatic nitrogens is 2. The molecule has 0 saturated carbocycles. The first kappa shape index (κ1) is 9.34. The summed E-state index contributed by atoms with van der Waals surface area (Å²) in [5, 5.41) is 0. The lowest BCUT2D eigenvalue weighted by Gasteiger charge is -2.05. The van der Waals surface area contributed by atoms with E-state index in [1.165, 1.54) is 19.5 Å². The van der Waals surface area contributed by atoms with Crippen molar-refractivity contribution in [3.8, 4) is 0 Å². The molecule has 0 N–H and O–H groups in total. The maximum Gasteiger partial charge on any atom is 0.115 e. The monoisotopic (exact) mass is 189 g/mol. The van der Waals surface area contributed by atoms with E-state index in [4.69, 9.17) is 0 Å². The van der Waals surface area contributed by atoms with Crippen LogP contribution in [-0.4, -0.2) is 35.0 Å². The van der Waals surface area contributed by atoms with Gasteiger partial charge in [0.15, 0.2) is 0 Å². The number of nitrogens with zero attached hydrogens (tertiary/aromatic N) is 3. The Bertz CT molecular complexity index is 308. The first-order valence-electron chi connectivity index (χ1n) is 4.96. The topological polar surface area (TPSA) is 29.0 Å². The lowest BCUT2D eigenvalue weighted by atomic mass is 10.1. The van der Waals surface area contributed by atoms with Crippen molar-refractivity contribution in [3.05, 3.63) is 30.4 Å². The minimum absolute atomic E-state index is 0.695. The molecule has 2 rings (SSSR count). The van der Waals surface area contributed by atoms with Gasteiger partial charge in [-0.05, 0) is 25.9 Å². The predicted octanol–water partition coefficient (Wildman–Crippen LogP) is 1.44. The second-order valence-corrected chi connectivity index (χ2v) is 3.84. The molecule has 0 aromatic carbocycles. The number of hydrogen-bond donors (Lipinski definition) is 0. The van der Waals surface area contributed by atoms with Gasteiger partial charge in [-0.2, -0.15) is 0 Å². The van der Waals surface area contributed by atoms with E-state index in [0.717, 1.165) is 5.56 Å². The van der Waals surface area contributed by atoms with E-state index in [0.29, 0.717) is 5.92 Å². The minimum Gasteiger partial charge on any atom is -0.306 e. The standard InChI is InChI=1S/C11H15N3/c1-14-5-4-10(8-14)2-3-11-6-12-9-13-7-11/h2-3,6-7,9-10H,4-5,8H2,1H3/t10-/m1/s1. The number of likely N-dealkylation sites (tertiary alicyclic amines) is 1. The highest BCUT2D eigenvalue weighted by Gasteiger charge is 2.15. The largest absolute Gasteiger partial charge is 0.306 e. The molecule has 3 nitrogen and oxygen atoms in total. The molecular weight excluding hydrogens is 174 g/mol. The summed E-state index contributed by atoms with van der Waals surface area (Å²) in [6, 6.07) is 0. The first-order chi connectivity index (χ1) is 6.84. The average Bonchev–Trinajstić information content (AvgIpc) is 2.63. The van der Waals surface area contributed by atoms with Crippen molar-refractivity contribution < 1.29 is 0 Å². The Hall–Kier alpha value is -1.22. The highest BCUT2D eigenvalue weighted by molar-refractivity contribution is 5.46. The fourth-order valence-corrected chi connectivity index (χ4v) is 1.77. The average molecular weight is 189 g/mol. The second-order valence-electron chi connectivity index (χ2n) is 3.84. The van der Waals surface area contributed by atoms with Crippen LogP contribution < -0.4 is 0 Å². The number of hydrogen-bond acceptors (Lipinski definition) is 3. The summed E-state index contributed by atoms with van der Waals surface area (Å²) in [6.45, 7) is 2.38. The lowest BCUT2D eigenvalue weighted by Crippen LogP contribution is -2.13. The molecule has 1 aliphatic heterocycles. The molecular formula is C11H15N3. The Kier molecular flexibility index (Phi) is 2.89. The van der Waals surface area contributed by atoms with Gasteiger partial charge < -0.3 is 4.90 Å². The minimum atomic E-state index is 0.695. The lowest BCUT2D eigenvalue weighted by molar-refractivity contribution is 0.408. The molecule has 3 heteroatoms. The molecule has 1 atom stereocenters. The van der Waals surface area contributed by atoms with Crippen molar-refractivity contribution in [1.29, 1.82) is 0 Å². The van der Waals surface area contributed by atoms with Crippen molar-refractivity contribution in [1.82, 2.24) is 14.9 Å². The van der Waals surface area contributed by atoms with Gasteiger partial charge in [0.2, 0.25) is 0 Å². The first-order valence-corrected chi connectivity index (χ1v) is 4.96. The summed E-state index contributed by atoms with van der Waals surface area (Å²) in [6.07, 6.45) is 10.9. The molecule has 2 heterocycles. The predicted molar refractivity (Wildman–Crippen MR) is 56.7 cm³/mol. The highest BCUT2D eigenvalue weighted by atomic mass is 15.1. The van der Waals surface area contributed by atoms with Gasteiger partial charge in [0, 0.05) is 24.5 Å². The van der Waals surface area contributed by atoms with Gasteiger partial charge in [0.05, 0.1) is 0 Å². The molecule has 0 radical (unpaired) electrons. The van der Waals surface area contributed by atoms with E-state index in [1.807, 2.05) is 12.4 Å². The quantitative estimate of drug-likeness (QED) is 0.705. The van der Waals surface area contributed by atoms with Gasteiger partial charge >= 0.3 is 0 Å². The van der Waals surface area contributed by atoms with Crippen molar-refractivity contribution in [3.63, 3.8) is 0 Å². The smallest absolute Gasteiger partial charge is 0.115 e. The zero-order chi connectivity index (χ0) is 9.80. The summed E-state index contributed by atoms with van der Waals surface area (Å²) in [4.78, 5) is 10.3. The van der Waals surface area contributed by atoms with E-state index in [1.54, 1.807) is 6.33 Å². The Morgan fingerprint density at radius 1 is 1.43 bits per heavy atom. The zero-order valence-corrected chi connectivity index (χ0v) is 8.43. The molecule has 14 heavy (non-hydrogen) atoms. The van der Waals surface area contributed by atoms with E-state index < -0.39 is 0 Å². The Morgan fingerprint density at radius 2 is 2.21 bits per heavy atom. The van der Waals surface area contributed by atoms with E-state index in [-0.39, 0.29) is 0 Å². The molecule has 1 fully saturated rings. The van der Waals surface area contributed by atoms with Crippen LogP contribution in [0.4, 0.5) is 0 Å². The van der Waals surface area contributed by atoms with Gasteiger partial charge in [0.25, 0.3) is 0 Å². The molecule has 0 bridgehead atoms. The molecule has 0 spiro atoms. The van der Waals surface area contributed by atoms with Crippen LogP contribution in [0.15, 0.2) is 24.8 Å². The molecule has 0 aliphatic carbocycles. The van der Waals surface area contributed by atoms with Crippen LogP contribution in [0, 0.1) is 5.92 Å². The van der Waals surface area contributed by atoms with Crippen LogP contribution in [-0.2, 0) is 0 Å². The summed E-state index contributed by atoms with van der Waals surface area (Å²) in [5.41, 5.74) is 1.09. The van der Waals surface area contributed by atoms with E-state index >= 15 is 0 Å². The molecule has 0 unspecified atom stereocenters. The van der Waals surface area contributed by atoms with Crippen LogP contribution in [0.3, 0.4) is 0 Å². The fraction of sp³-hybridized carbons (Fsp3) is 0.455. The SMILES string of the molecule is CN1CC[C@@H](C=Cc2cncnc2)C1. The molecule has 1 aliphatic rings. The number of rotatable bonds is 2. The summed E-state index contributed by atoms with van der Waals surface area (Å²) in [5.74, 6) is 0.695. The van der Waals surface area contributed by atoms with Gasteiger partial charge in [-0.25, -0.2) is 9.97 Å². The summed E-state index contributed by atoms with van der Waals surface area (Å²) >= 11 is 0. The molecule has 0 amide bonds. The maximum atomic E-state index is 3.97. The van der Waals surface area contributed by atoms with Gasteiger partial charge in [0.1, 0.15) is 6.33 Å². The van der Waals surface area contributed by atoms with Crippen LogP contribution in [0.2, 0.25) is 0 Å². The third-order valence-corrected chi connectivity index (χ3v) is 2.57. The highest BCUT2D eigenvalue weighted by Crippen LogP contribution is 2.16. The summed E-state index contributed by atoms with van der Waals surface area (Å²) < 4.78 is 0. The van der Waals surface area contributed by atoms with E-state index in [2.05, 4.69) is 34.1 Å². The van der Waals surface area contributed by atoms with Crippen molar-refractivity contribution in [2.45, 2.75) is 6.42 Å². The van der Waals surface area contributed by atoms with Crippen LogP contribution in [0.5, 0.6) is 0 Å². The Labute approximate surface area is 84.5 Å². The van der Waals surface area contributed by atoms with Gasteiger partial charge in [-0.1, -0.05) is 12.2 Å². The van der Waals surface area contributed by atoms with Crippen molar-refractivity contribution >= 4 is 6.08 Å². The van der Waals surface area contributed by atoms with Crippen LogP contribution in [0.1, 0.15) is 12.0 Å². The Morgan fingerprint density at radius 3 is 2.86 bits per heavy atom. The Balaban J connectivity index is 1.94. The van der Waals surface area contributed by atoms with Gasteiger partial charge in [-0.15, -0.1) is 0 Å². The zero-order valence-electron chi connectivity index (χ0n) is 8.43. The third kappa shape index (κ3) is 2.39. The van der Waals surface area contributed by atoms with Crippen LogP contribution >= 0.6 is 0 Å². The molecule has 74 valence electrons. The second kappa shape index (κ2) is 4.33. The van der Waals surface area contributed by atoms with E-state index in [9.17, 15) is 0 Å². The molecule has 1 aromatic heterocycles. The van der Waals surface area contributed by atoms with Crippen LogP contribution in [0.25, 0.3) is 6.08 Å². The van der Waals surface area contributed by atoms with Crippen molar-refractivity contribution in [2.24, 2.45) is 5.92 Å². The molecule has 1 saturated heterocycles. The maximum absolute atomic E-state index is 3.97. The van der Waals surface area contributed by atoms with Gasteiger partial charge in [-0.3, -0.25) is 0 Å². The third-order valence-electron chi connectivity index (χ3n) is 2.57. The van der Waals surface area contributed by atoms with Crippen molar-refractivity contribution in [2.75, 3.05) is 20.1 Å². The fourth-order valence-electron chi connectivity index (χ4n) is 1.77. The summed E-state index contributed by atoms with van der Waals surface area (Å²) in [7, 11) is 2.17. The normalized spacial score (nSPS) is 23.4. The molecule has 1 aromatic rings.